The number of nitrogens with zero attached hydrogens (tertiary/aromatic N) is 2. The Balaban J connectivity index is 1.73. The third-order valence-electron chi connectivity index (χ3n) is 4.35. The van der Waals surface area contributed by atoms with Crippen molar-refractivity contribution >= 4 is 5.96 Å². The number of benzene rings is 1. The molecule has 0 heterocycles. The van der Waals surface area contributed by atoms with Gasteiger partial charge < -0.3 is 25.0 Å². The van der Waals surface area contributed by atoms with Crippen molar-refractivity contribution in [2.24, 2.45) is 4.99 Å². The summed E-state index contributed by atoms with van der Waals surface area (Å²) >= 11 is 0. The van der Waals surface area contributed by atoms with Crippen molar-refractivity contribution in [1.29, 1.82) is 0 Å². The van der Waals surface area contributed by atoms with E-state index in [0.29, 0.717) is 19.2 Å². The third-order valence-corrected chi connectivity index (χ3v) is 4.35. The van der Waals surface area contributed by atoms with E-state index in [9.17, 15) is 0 Å². The summed E-state index contributed by atoms with van der Waals surface area (Å²) in [6.07, 6.45) is 6.53. The Kier molecular flexibility index (Phi) is 9.00. The van der Waals surface area contributed by atoms with Gasteiger partial charge in [-0.05, 0) is 37.6 Å². The molecule has 144 valence electrons. The highest BCUT2D eigenvalue weighted by Crippen LogP contribution is 2.13. The summed E-state index contributed by atoms with van der Waals surface area (Å²) in [6, 6.07) is 8.64. The second-order valence-corrected chi connectivity index (χ2v) is 6.50. The first-order valence-electron chi connectivity index (χ1n) is 9.22. The molecule has 0 saturated carbocycles. The van der Waals surface area contributed by atoms with Gasteiger partial charge in [0.1, 0.15) is 12.4 Å². The van der Waals surface area contributed by atoms with Gasteiger partial charge in [0.2, 0.25) is 0 Å². The van der Waals surface area contributed by atoms with E-state index < -0.39 is 0 Å². The van der Waals surface area contributed by atoms with E-state index >= 15 is 0 Å². The molecule has 6 nitrogen and oxygen atoms in total. The number of hydrogen-bond donors (Lipinski definition) is 2. The maximum absolute atomic E-state index is 5.87. The minimum Gasteiger partial charge on any atom is -0.492 e. The van der Waals surface area contributed by atoms with Crippen molar-refractivity contribution in [1.82, 2.24) is 15.5 Å². The van der Waals surface area contributed by atoms with Crippen LogP contribution in [0.25, 0.3) is 0 Å². The zero-order valence-corrected chi connectivity index (χ0v) is 16.2. The molecule has 2 N–H and O–H groups in total. The summed E-state index contributed by atoms with van der Waals surface area (Å²) in [4.78, 5) is 6.50. The van der Waals surface area contributed by atoms with Crippen LogP contribution in [0.4, 0.5) is 0 Å². The molecule has 0 amide bonds. The van der Waals surface area contributed by atoms with Crippen LogP contribution in [-0.4, -0.2) is 64.4 Å². The summed E-state index contributed by atoms with van der Waals surface area (Å²) in [5.41, 5.74) is 1.17. The van der Waals surface area contributed by atoms with E-state index in [4.69, 9.17) is 9.47 Å². The number of guanidine groups is 1. The number of hydrogen-bond acceptors (Lipinski definition) is 4. The Morgan fingerprint density at radius 2 is 2.00 bits per heavy atom. The molecule has 0 radical (unpaired) electrons. The molecule has 0 unspecified atom stereocenters. The van der Waals surface area contributed by atoms with Gasteiger partial charge in [0.25, 0.3) is 0 Å². The highest BCUT2D eigenvalue weighted by molar-refractivity contribution is 5.80. The van der Waals surface area contributed by atoms with Gasteiger partial charge in [-0.25, -0.2) is 0 Å². The smallest absolute Gasteiger partial charge is 0.191 e. The highest BCUT2D eigenvalue weighted by atomic mass is 16.5. The first-order chi connectivity index (χ1) is 12.7. The average Bonchev–Trinajstić information content (AvgIpc) is 3.17. The van der Waals surface area contributed by atoms with Crippen LogP contribution in [0.1, 0.15) is 18.4 Å². The molecular weight excluding hydrogens is 328 g/mol. The van der Waals surface area contributed by atoms with Crippen LogP contribution in [0.2, 0.25) is 0 Å². The SMILES string of the molecule is CN=C(NCc1cccc(OCCN(C)CCOC)c1)NC1CC=CC1. The van der Waals surface area contributed by atoms with Crippen LogP contribution < -0.4 is 15.4 Å². The Morgan fingerprint density at radius 1 is 1.23 bits per heavy atom. The van der Waals surface area contributed by atoms with Crippen molar-refractivity contribution in [2.75, 3.05) is 47.5 Å². The first-order valence-corrected chi connectivity index (χ1v) is 9.22. The van der Waals surface area contributed by atoms with E-state index in [0.717, 1.165) is 44.2 Å². The lowest BCUT2D eigenvalue weighted by Crippen LogP contribution is -2.42. The Labute approximate surface area is 157 Å². The number of methoxy groups -OCH3 is 1. The fourth-order valence-electron chi connectivity index (χ4n) is 2.73. The molecule has 26 heavy (non-hydrogen) atoms. The fourth-order valence-corrected chi connectivity index (χ4v) is 2.73. The summed E-state index contributed by atoms with van der Waals surface area (Å²) in [7, 11) is 5.59. The van der Waals surface area contributed by atoms with Gasteiger partial charge in [-0.1, -0.05) is 24.3 Å². The summed E-state index contributed by atoms with van der Waals surface area (Å²) in [5, 5.41) is 6.81. The monoisotopic (exact) mass is 360 g/mol. The largest absolute Gasteiger partial charge is 0.492 e. The maximum Gasteiger partial charge on any atom is 0.191 e. The van der Waals surface area contributed by atoms with Gasteiger partial charge >= 0.3 is 0 Å². The van der Waals surface area contributed by atoms with E-state index in [-0.39, 0.29) is 0 Å². The number of aliphatic imine (C=N–C) groups is 1. The van der Waals surface area contributed by atoms with Crippen molar-refractivity contribution in [2.45, 2.75) is 25.4 Å². The van der Waals surface area contributed by atoms with Crippen LogP contribution in [0.3, 0.4) is 0 Å². The minimum atomic E-state index is 0.450. The van der Waals surface area contributed by atoms with Crippen molar-refractivity contribution in [3.8, 4) is 5.75 Å². The summed E-state index contributed by atoms with van der Waals surface area (Å²) < 4.78 is 11.0. The predicted octanol–water partition coefficient (Wildman–Crippen LogP) is 2.03. The molecule has 0 saturated heterocycles. The van der Waals surface area contributed by atoms with Crippen LogP contribution in [0.5, 0.6) is 5.75 Å². The number of likely N-dealkylation sites (N-methyl/N-ethyl adjacent to an activating group) is 1. The molecule has 1 aromatic carbocycles. The van der Waals surface area contributed by atoms with Gasteiger partial charge in [0.05, 0.1) is 6.61 Å². The van der Waals surface area contributed by atoms with Gasteiger partial charge in [-0.3, -0.25) is 4.99 Å². The van der Waals surface area contributed by atoms with Crippen molar-refractivity contribution in [3.05, 3.63) is 42.0 Å². The summed E-state index contributed by atoms with van der Waals surface area (Å²) in [5.74, 6) is 1.73. The molecule has 1 aromatic rings. The third kappa shape index (κ3) is 7.45. The first kappa shape index (κ1) is 20.3. The highest BCUT2D eigenvalue weighted by Gasteiger charge is 2.11. The second-order valence-electron chi connectivity index (χ2n) is 6.50. The average molecular weight is 361 g/mol. The summed E-state index contributed by atoms with van der Waals surface area (Å²) in [6.45, 7) is 3.90. The van der Waals surface area contributed by atoms with Crippen molar-refractivity contribution < 1.29 is 9.47 Å². The molecule has 1 aliphatic carbocycles. The zero-order valence-electron chi connectivity index (χ0n) is 16.2. The molecule has 0 atom stereocenters. The van der Waals surface area contributed by atoms with E-state index in [2.05, 4.69) is 51.9 Å². The number of rotatable bonds is 10. The van der Waals surface area contributed by atoms with Crippen molar-refractivity contribution in [3.63, 3.8) is 0 Å². The molecule has 0 aliphatic heterocycles. The molecule has 2 rings (SSSR count). The normalized spacial score (nSPS) is 14.8. The lowest BCUT2D eigenvalue weighted by atomic mass is 10.2. The quantitative estimate of drug-likeness (QED) is 0.380. The number of ether oxygens (including phenoxy) is 2. The maximum atomic E-state index is 5.87. The molecule has 0 fully saturated rings. The van der Waals surface area contributed by atoms with Gasteiger partial charge in [-0.15, -0.1) is 0 Å². The molecule has 6 heteroatoms. The zero-order chi connectivity index (χ0) is 18.6. The molecule has 0 bridgehead atoms. The number of nitrogens with one attached hydrogen (secondary N) is 2. The van der Waals surface area contributed by atoms with Crippen LogP contribution >= 0.6 is 0 Å². The minimum absolute atomic E-state index is 0.450. The standard InChI is InChI=1S/C20H32N4O2/c1-21-20(23-18-8-4-5-9-18)22-16-17-7-6-10-19(15-17)26-14-12-24(2)11-13-25-3/h4-7,10,15,18H,8-9,11-14,16H2,1-3H3,(H2,21,22,23). The Morgan fingerprint density at radius 3 is 2.73 bits per heavy atom. The van der Waals surface area contributed by atoms with Crippen LogP contribution in [0, 0.1) is 0 Å². The van der Waals surface area contributed by atoms with E-state index in [1.807, 2.05) is 12.1 Å². The fraction of sp³-hybridized carbons (Fsp3) is 0.550. The Bertz CT molecular complexity index is 581. The second kappa shape index (κ2) is 11.5. The van der Waals surface area contributed by atoms with E-state index in [1.165, 1.54) is 5.56 Å². The predicted molar refractivity (Wildman–Crippen MR) is 107 cm³/mol. The molecule has 0 spiro atoms. The van der Waals surface area contributed by atoms with Crippen LogP contribution in [-0.2, 0) is 11.3 Å². The lowest BCUT2D eigenvalue weighted by molar-refractivity contribution is 0.150. The molecule has 0 aromatic heterocycles. The van der Waals surface area contributed by atoms with Gasteiger partial charge in [0, 0.05) is 39.8 Å². The van der Waals surface area contributed by atoms with Gasteiger partial charge in [-0.2, -0.15) is 0 Å². The Hall–Kier alpha value is -2.05. The van der Waals surface area contributed by atoms with E-state index in [1.54, 1.807) is 14.2 Å². The molecule has 1 aliphatic rings. The topological polar surface area (TPSA) is 58.1 Å². The lowest BCUT2D eigenvalue weighted by Gasteiger charge is -2.18. The van der Waals surface area contributed by atoms with Gasteiger partial charge in [0.15, 0.2) is 5.96 Å². The molecular formula is C20H32N4O2. The van der Waals surface area contributed by atoms with Crippen LogP contribution in [0.15, 0.2) is 41.4 Å².